The molecule has 6 nitrogen and oxygen atoms in total. The standard InChI is InChI=1S/C13H17N5OS/c1-4-18-6-10(8(2)16-18)12-9-5-14-17(3)13(9)15-11(19)7-20-12/h5-6,12H,4,7H2,1-3H3,(H,15,19). The second-order valence-electron chi connectivity index (χ2n) is 4.84. The predicted molar refractivity (Wildman–Crippen MR) is 78.8 cm³/mol. The topological polar surface area (TPSA) is 64.7 Å². The van der Waals surface area contributed by atoms with Crippen LogP contribution >= 0.6 is 11.8 Å². The average Bonchev–Trinajstić information content (AvgIpc) is 2.91. The SMILES string of the molecule is CCn1cc(C2SCC(=O)Nc3c2cnn3C)c(C)n1. The van der Waals surface area contributed by atoms with Crippen molar-refractivity contribution in [1.82, 2.24) is 19.6 Å². The zero-order valence-electron chi connectivity index (χ0n) is 11.8. The monoisotopic (exact) mass is 291 g/mol. The summed E-state index contributed by atoms with van der Waals surface area (Å²) >= 11 is 1.62. The molecule has 1 aliphatic heterocycles. The number of carbonyl (C=O) groups excluding carboxylic acids is 1. The number of thioether (sulfide) groups is 1. The second-order valence-corrected chi connectivity index (χ2v) is 5.93. The number of aromatic nitrogens is 4. The minimum Gasteiger partial charge on any atom is -0.310 e. The molecule has 0 radical (unpaired) electrons. The normalized spacial score (nSPS) is 18.6. The van der Waals surface area contributed by atoms with Crippen LogP contribution in [0.15, 0.2) is 12.4 Å². The van der Waals surface area contributed by atoms with Gasteiger partial charge in [-0.05, 0) is 13.8 Å². The molecule has 2 aromatic heterocycles. The zero-order chi connectivity index (χ0) is 14.3. The van der Waals surface area contributed by atoms with Crippen LogP contribution in [-0.2, 0) is 18.4 Å². The number of anilines is 1. The Morgan fingerprint density at radius 2 is 2.30 bits per heavy atom. The molecule has 0 saturated carbocycles. The van der Waals surface area contributed by atoms with Gasteiger partial charge in [0.2, 0.25) is 5.91 Å². The van der Waals surface area contributed by atoms with Gasteiger partial charge in [0.1, 0.15) is 5.82 Å². The van der Waals surface area contributed by atoms with E-state index >= 15 is 0 Å². The molecule has 3 rings (SSSR count). The van der Waals surface area contributed by atoms with Crippen molar-refractivity contribution in [2.45, 2.75) is 25.6 Å². The molecule has 2 aromatic rings. The highest BCUT2D eigenvalue weighted by molar-refractivity contribution is 8.00. The molecule has 0 spiro atoms. The summed E-state index contributed by atoms with van der Waals surface area (Å²) in [5, 5.41) is 11.8. The minimum atomic E-state index is 0.0166. The number of rotatable bonds is 2. The Bertz CT molecular complexity index is 660. The van der Waals surface area contributed by atoms with Gasteiger partial charge in [-0.25, -0.2) is 0 Å². The van der Waals surface area contributed by atoms with Crippen LogP contribution in [-0.4, -0.2) is 31.2 Å². The largest absolute Gasteiger partial charge is 0.310 e. The molecule has 0 aliphatic carbocycles. The maximum absolute atomic E-state index is 11.8. The first-order valence-corrected chi connectivity index (χ1v) is 7.62. The number of fused-ring (bicyclic) bond motifs is 1. The molecule has 3 heterocycles. The second kappa shape index (κ2) is 4.97. The van der Waals surface area contributed by atoms with Gasteiger partial charge in [0, 0.05) is 30.9 Å². The highest BCUT2D eigenvalue weighted by atomic mass is 32.2. The molecule has 1 unspecified atom stereocenters. The third kappa shape index (κ3) is 2.11. The van der Waals surface area contributed by atoms with Crippen LogP contribution in [0.5, 0.6) is 0 Å². The third-order valence-corrected chi connectivity index (χ3v) is 4.75. The number of hydrogen-bond donors (Lipinski definition) is 1. The van der Waals surface area contributed by atoms with Gasteiger partial charge in [-0.1, -0.05) is 0 Å². The van der Waals surface area contributed by atoms with Crippen LogP contribution < -0.4 is 5.32 Å². The van der Waals surface area contributed by atoms with Gasteiger partial charge < -0.3 is 5.32 Å². The fourth-order valence-electron chi connectivity index (χ4n) is 2.43. The van der Waals surface area contributed by atoms with E-state index in [2.05, 4.69) is 28.6 Å². The zero-order valence-corrected chi connectivity index (χ0v) is 12.6. The Morgan fingerprint density at radius 3 is 3.00 bits per heavy atom. The summed E-state index contributed by atoms with van der Waals surface area (Å²) in [5.74, 6) is 1.24. The molecule has 0 fully saturated rings. The van der Waals surface area contributed by atoms with E-state index in [1.165, 1.54) is 0 Å². The van der Waals surface area contributed by atoms with Crippen LogP contribution in [0.3, 0.4) is 0 Å². The Hall–Kier alpha value is -1.76. The quantitative estimate of drug-likeness (QED) is 0.915. The lowest BCUT2D eigenvalue weighted by molar-refractivity contribution is -0.113. The summed E-state index contributed by atoms with van der Waals surface area (Å²) in [6, 6.07) is 0. The van der Waals surface area contributed by atoms with Gasteiger partial charge in [-0.2, -0.15) is 10.2 Å². The van der Waals surface area contributed by atoms with E-state index in [1.54, 1.807) is 16.4 Å². The first-order valence-electron chi connectivity index (χ1n) is 6.57. The van der Waals surface area contributed by atoms with E-state index in [1.807, 2.05) is 24.9 Å². The van der Waals surface area contributed by atoms with E-state index in [4.69, 9.17) is 0 Å². The van der Waals surface area contributed by atoms with Crippen molar-refractivity contribution < 1.29 is 4.79 Å². The molecule has 0 aromatic carbocycles. The third-order valence-electron chi connectivity index (χ3n) is 3.48. The van der Waals surface area contributed by atoms with Crippen molar-refractivity contribution in [1.29, 1.82) is 0 Å². The van der Waals surface area contributed by atoms with Gasteiger partial charge in [-0.15, -0.1) is 11.8 Å². The van der Waals surface area contributed by atoms with E-state index < -0.39 is 0 Å². The molecule has 1 amide bonds. The number of amides is 1. The van der Waals surface area contributed by atoms with Gasteiger partial charge in [0.05, 0.1) is 22.9 Å². The Morgan fingerprint density at radius 1 is 1.50 bits per heavy atom. The van der Waals surface area contributed by atoms with E-state index in [0.29, 0.717) is 5.75 Å². The first kappa shape index (κ1) is 13.2. The van der Waals surface area contributed by atoms with Crippen LogP contribution in [0.1, 0.15) is 29.0 Å². The van der Waals surface area contributed by atoms with Crippen LogP contribution in [0.2, 0.25) is 0 Å². The van der Waals surface area contributed by atoms with E-state index in [0.717, 1.165) is 29.2 Å². The summed E-state index contributed by atoms with van der Waals surface area (Å²) in [6.07, 6.45) is 3.90. The summed E-state index contributed by atoms with van der Waals surface area (Å²) in [4.78, 5) is 11.8. The number of nitrogens with zero attached hydrogens (tertiary/aromatic N) is 4. The van der Waals surface area contributed by atoms with Crippen molar-refractivity contribution in [3.63, 3.8) is 0 Å². The summed E-state index contributed by atoms with van der Waals surface area (Å²) in [5.41, 5.74) is 3.21. The number of nitrogens with one attached hydrogen (secondary N) is 1. The molecule has 1 aliphatic rings. The van der Waals surface area contributed by atoms with Crippen molar-refractivity contribution in [3.05, 3.63) is 29.2 Å². The lowest BCUT2D eigenvalue weighted by Crippen LogP contribution is -2.15. The molecule has 0 saturated heterocycles. The maximum Gasteiger partial charge on any atom is 0.235 e. The Labute approximate surface area is 121 Å². The van der Waals surface area contributed by atoms with Gasteiger partial charge in [0.25, 0.3) is 0 Å². The number of hydrogen-bond acceptors (Lipinski definition) is 4. The average molecular weight is 291 g/mol. The van der Waals surface area contributed by atoms with Crippen molar-refractivity contribution >= 4 is 23.5 Å². The van der Waals surface area contributed by atoms with Gasteiger partial charge >= 0.3 is 0 Å². The highest BCUT2D eigenvalue weighted by Crippen LogP contribution is 2.42. The van der Waals surface area contributed by atoms with Crippen LogP contribution in [0.25, 0.3) is 0 Å². The van der Waals surface area contributed by atoms with E-state index in [-0.39, 0.29) is 11.2 Å². The highest BCUT2D eigenvalue weighted by Gasteiger charge is 2.29. The summed E-state index contributed by atoms with van der Waals surface area (Å²) < 4.78 is 3.65. The molecular formula is C13H17N5OS. The smallest absolute Gasteiger partial charge is 0.235 e. The number of carbonyl (C=O) groups is 1. The summed E-state index contributed by atoms with van der Waals surface area (Å²) in [7, 11) is 1.84. The molecule has 1 N–H and O–H groups in total. The summed E-state index contributed by atoms with van der Waals surface area (Å²) in [6.45, 7) is 4.92. The van der Waals surface area contributed by atoms with E-state index in [9.17, 15) is 4.79 Å². The lowest BCUT2D eigenvalue weighted by atomic mass is 10.1. The van der Waals surface area contributed by atoms with Crippen molar-refractivity contribution in [2.75, 3.05) is 11.1 Å². The first-order chi connectivity index (χ1) is 9.60. The lowest BCUT2D eigenvalue weighted by Gasteiger charge is -2.12. The van der Waals surface area contributed by atoms with Crippen molar-refractivity contribution in [2.24, 2.45) is 7.05 Å². The fraction of sp³-hybridized carbons (Fsp3) is 0.462. The molecule has 106 valence electrons. The molecule has 0 bridgehead atoms. The van der Waals surface area contributed by atoms with Crippen molar-refractivity contribution in [3.8, 4) is 0 Å². The van der Waals surface area contributed by atoms with Gasteiger partial charge in [-0.3, -0.25) is 14.2 Å². The Kier molecular flexibility index (Phi) is 3.29. The fourth-order valence-corrected chi connectivity index (χ4v) is 3.58. The van der Waals surface area contributed by atoms with Crippen LogP contribution in [0.4, 0.5) is 5.82 Å². The predicted octanol–water partition coefficient (Wildman–Crippen LogP) is 1.72. The van der Waals surface area contributed by atoms with Crippen LogP contribution in [0, 0.1) is 6.92 Å². The molecule has 1 atom stereocenters. The molecular weight excluding hydrogens is 274 g/mol. The molecule has 7 heteroatoms. The molecule has 20 heavy (non-hydrogen) atoms. The van der Waals surface area contributed by atoms with Gasteiger partial charge in [0.15, 0.2) is 0 Å². The minimum absolute atomic E-state index is 0.0166. The Balaban J connectivity index is 2.08. The number of aryl methyl sites for hydroxylation is 3. The maximum atomic E-state index is 11.8.